The predicted octanol–water partition coefficient (Wildman–Crippen LogP) is 3.59. The standard InChI is InChI=1S/C20H18N4O4S2/c1-13-16-12-15(30(25,26)24-8-10-29-11-9-24)2-3-17(16)27-18(13)20-22-19(23-28-20)14-4-6-21-7-5-14/h2-7,12H,8-11H2,1H3. The Morgan fingerprint density at radius 1 is 1.10 bits per heavy atom. The first-order valence-corrected chi connectivity index (χ1v) is 12.0. The maximum Gasteiger partial charge on any atom is 0.294 e. The van der Waals surface area contributed by atoms with Gasteiger partial charge in [-0.2, -0.15) is 21.1 Å². The van der Waals surface area contributed by atoms with Crippen LogP contribution in [0.5, 0.6) is 0 Å². The molecule has 0 saturated carbocycles. The first-order chi connectivity index (χ1) is 14.5. The van der Waals surface area contributed by atoms with E-state index in [1.54, 1.807) is 58.8 Å². The molecule has 0 unspecified atom stereocenters. The summed E-state index contributed by atoms with van der Waals surface area (Å²) in [6.07, 6.45) is 3.31. The van der Waals surface area contributed by atoms with Gasteiger partial charge in [0.05, 0.1) is 4.90 Å². The Bertz CT molecular complexity index is 1310. The van der Waals surface area contributed by atoms with Gasteiger partial charge in [-0.1, -0.05) is 5.16 Å². The number of sulfonamides is 1. The summed E-state index contributed by atoms with van der Waals surface area (Å²) in [5.41, 5.74) is 2.10. The van der Waals surface area contributed by atoms with Crippen LogP contribution in [0.2, 0.25) is 0 Å². The molecule has 0 bridgehead atoms. The van der Waals surface area contributed by atoms with Gasteiger partial charge in [-0.05, 0) is 37.3 Å². The lowest BCUT2D eigenvalue weighted by atomic mass is 10.1. The molecule has 1 aliphatic heterocycles. The number of nitrogens with zero attached hydrogens (tertiary/aromatic N) is 4. The largest absolute Gasteiger partial charge is 0.451 e. The number of rotatable bonds is 4. The monoisotopic (exact) mass is 442 g/mol. The Morgan fingerprint density at radius 3 is 2.63 bits per heavy atom. The molecule has 1 aliphatic rings. The van der Waals surface area contributed by atoms with E-state index in [9.17, 15) is 8.42 Å². The van der Waals surface area contributed by atoms with Crippen molar-refractivity contribution >= 4 is 32.8 Å². The maximum atomic E-state index is 13.0. The Balaban J connectivity index is 1.53. The zero-order valence-electron chi connectivity index (χ0n) is 16.1. The molecule has 0 atom stereocenters. The van der Waals surface area contributed by atoms with E-state index in [0.717, 1.165) is 22.6 Å². The van der Waals surface area contributed by atoms with Crippen molar-refractivity contribution in [1.29, 1.82) is 0 Å². The topological polar surface area (TPSA) is 102 Å². The van der Waals surface area contributed by atoms with Gasteiger partial charge in [0.25, 0.3) is 5.89 Å². The third-order valence-corrected chi connectivity index (χ3v) is 7.91. The van der Waals surface area contributed by atoms with E-state index in [-0.39, 0.29) is 10.8 Å². The molecule has 4 heterocycles. The molecule has 5 rings (SSSR count). The summed E-state index contributed by atoms with van der Waals surface area (Å²) in [6, 6.07) is 8.50. The fourth-order valence-electron chi connectivity index (χ4n) is 3.43. The fraction of sp³-hybridized carbons (Fsp3) is 0.250. The molecular weight excluding hydrogens is 424 g/mol. The summed E-state index contributed by atoms with van der Waals surface area (Å²) < 4.78 is 38.9. The number of aryl methyl sites for hydroxylation is 1. The highest BCUT2D eigenvalue weighted by Crippen LogP contribution is 2.35. The Morgan fingerprint density at radius 2 is 1.87 bits per heavy atom. The lowest BCUT2D eigenvalue weighted by Gasteiger charge is -2.25. The Labute approximate surface area is 177 Å². The minimum atomic E-state index is -3.54. The van der Waals surface area contributed by atoms with E-state index in [1.165, 1.54) is 0 Å². The molecule has 4 aromatic rings. The van der Waals surface area contributed by atoms with Gasteiger partial charge in [0.15, 0.2) is 5.76 Å². The van der Waals surface area contributed by atoms with Gasteiger partial charge in [0.2, 0.25) is 15.8 Å². The number of hydrogen-bond donors (Lipinski definition) is 0. The van der Waals surface area contributed by atoms with Gasteiger partial charge in [-0.15, -0.1) is 0 Å². The smallest absolute Gasteiger partial charge is 0.294 e. The van der Waals surface area contributed by atoms with Crippen molar-refractivity contribution in [2.24, 2.45) is 0 Å². The van der Waals surface area contributed by atoms with Crippen molar-refractivity contribution in [2.75, 3.05) is 24.6 Å². The number of furan rings is 1. The third-order valence-electron chi connectivity index (χ3n) is 5.07. The second kappa shape index (κ2) is 7.53. The third kappa shape index (κ3) is 3.30. The molecule has 0 N–H and O–H groups in total. The second-order valence-corrected chi connectivity index (χ2v) is 10.1. The van der Waals surface area contributed by atoms with Crippen molar-refractivity contribution in [3.05, 3.63) is 48.3 Å². The van der Waals surface area contributed by atoms with E-state index in [4.69, 9.17) is 8.94 Å². The summed E-state index contributed by atoms with van der Waals surface area (Å²) >= 11 is 1.77. The van der Waals surface area contributed by atoms with Crippen LogP contribution in [-0.2, 0) is 10.0 Å². The summed E-state index contributed by atoms with van der Waals surface area (Å²) in [5.74, 6) is 2.73. The highest BCUT2D eigenvalue weighted by atomic mass is 32.2. The van der Waals surface area contributed by atoms with Crippen LogP contribution in [0.25, 0.3) is 34.0 Å². The average molecular weight is 443 g/mol. The van der Waals surface area contributed by atoms with E-state index in [0.29, 0.717) is 35.6 Å². The van der Waals surface area contributed by atoms with Gasteiger partial charge in [-0.25, -0.2) is 8.42 Å². The van der Waals surface area contributed by atoms with Crippen LogP contribution in [0.4, 0.5) is 0 Å². The predicted molar refractivity (Wildman–Crippen MR) is 114 cm³/mol. The average Bonchev–Trinajstić information content (AvgIpc) is 3.40. The summed E-state index contributed by atoms with van der Waals surface area (Å²) in [4.78, 5) is 8.67. The second-order valence-electron chi connectivity index (χ2n) is 6.89. The number of benzene rings is 1. The normalized spacial score (nSPS) is 15.6. The molecule has 154 valence electrons. The van der Waals surface area contributed by atoms with E-state index >= 15 is 0 Å². The maximum absolute atomic E-state index is 13.0. The highest BCUT2D eigenvalue weighted by Gasteiger charge is 2.27. The van der Waals surface area contributed by atoms with Crippen LogP contribution >= 0.6 is 11.8 Å². The van der Waals surface area contributed by atoms with Crippen molar-refractivity contribution in [2.45, 2.75) is 11.8 Å². The zero-order valence-corrected chi connectivity index (χ0v) is 17.7. The highest BCUT2D eigenvalue weighted by molar-refractivity contribution is 7.99. The number of aromatic nitrogens is 3. The molecule has 1 aromatic carbocycles. The van der Waals surface area contributed by atoms with Crippen LogP contribution in [0.3, 0.4) is 0 Å². The van der Waals surface area contributed by atoms with Gasteiger partial charge in [0, 0.05) is 53.5 Å². The molecule has 0 aliphatic carbocycles. The van der Waals surface area contributed by atoms with Gasteiger partial charge in [-0.3, -0.25) is 4.98 Å². The molecular formula is C20H18N4O4S2. The first-order valence-electron chi connectivity index (χ1n) is 9.39. The molecule has 30 heavy (non-hydrogen) atoms. The lowest BCUT2D eigenvalue weighted by molar-refractivity contribution is 0.419. The van der Waals surface area contributed by atoms with Gasteiger partial charge < -0.3 is 8.94 Å². The number of thioether (sulfide) groups is 1. The SMILES string of the molecule is Cc1c(-c2nc(-c3ccncc3)no2)oc2ccc(S(=O)(=O)N3CCSCC3)cc12. The number of hydrogen-bond acceptors (Lipinski definition) is 8. The summed E-state index contributed by atoms with van der Waals surface area (Å²) in [6.45, 7) is 2.91. The van der Waals surface area contributed by atoms with Crippen molar-refractivity contribution in [3.8, 4) is 23.0 Å². The Kier molecular flexibility index (Phi) is 4.84. The van der Waals surface area contributed by atoms with Crippen molar-refractivity contribution < 1.29 is 17.4 Å². The van der Waals surface area contributed by atoms with Crippen LogP contribution in [-0.4, -0.2) is 52.4 Å². The fourth-order valence-corrected chi connectivity index (χ4v) is 6.04. The molecule has 3 aromatic heterocycles. The minimum absolute atomic E-state index is 0.243. The molecule has 1 fully saturated rings. The molecule has 0 amide bonds. The number of pyridine rings is 1. The van der Waals surface area contributed by atoms with E-state index in [1.807, 2.05) is 6.92 Å². The van der Waals surface area contributed by atoms with Crippen LogP contribution < -0.4 is 0 Å². The molecule has 0 spiro atoms. The molecule has 8 nitrogen and oxygen atoms in total. The quantitative estimate of drug-likeness (QED) is 0.472. The van der Waals surface area contributed by atoms with Crippen LogP contribution in [0.15, 0.2) is 56.6 Å². The zero-order chi connectivity index (χ0) is 20.7. The Hall–Kier alpha value is -2.69. The van der Waals surface area contributed by atoms with Gasteiger partial charge in [0.1, 0.15) is 5.58 Å². The van der Waals surface area contributed by atoms with Crippen LogP contribution in [0.1, 0.15) is 5.56 Å². The molecule has 1 saturated heterocycles. The van der Waals surface area contributed by atoms with E-state index in [2.05, 4.69) is 15.1 Å². The van der Waals surface area contributed by atoms with Crippen molar-refractivity contribution in [3.63, 3.8) is 0 Å². The summed E-state index contributed by atoms with van der Waals surface area (Å²) in [5, 5.41) is 4.72. The minimum Gasteiger partial charge on any atom is -0.451 e. The lowest BCUT2D eigenvalue weighted by Crippen LogP contribution is -2.37. The van der Waals surface area contributed by atoms with Crippen molar-refractivity contribution in [1.82, 2.24) is 19.4 Å². The number of fused-ring (bicyclic) bond motifs is 1. The van der Waals surface area contributed by atoms with Crippen LogP contribution in [0, 0.1) is 6.92 Å². The summed E-state index contributed by atoms with van der Waals surface area (Å²) in [7, 11) is -3.54. The molecule has 0 radical (unpaired) electrons. The van der Waals surface area contributed by atoms with Gasteiger partial charge >= 0.3 is 0 Å². The first kappa shape index (κ1) is 19.3. The van der Waals surface area contributed by atoms with E-state index < -0.39 is 10.0 Å². The molecule has 10 heteroatoms.